The fourth-order valence-electron chi connectivity index (χ4n) is 2.73. The van der Waals surface area contributed by atoms with E-state index in [0.717, 1.165) is 24.1 Å². The van der Waals surface area contributed by atoms with Crippen molar-refractivity contribution in [1.82, 2.24) is 0 Å². The number of anilines is 2. The van der Waals surface area contributed by atoms with Crippen molar-refractivity contribution in [3.05, 3.63) is 23.8 Å². The smallest absolute Gasteiger partial charge is 0.227 e. The largest absolute Gasteiger partial charge is 0.399 e. The number of nitrogens with one attached hydrogen (secondary N) is 1. The molecule has 0 saturated heterocycles. The minimum absolute atomic E-state index is 0.163. The zero-order chi connectivity index (χ0) is 13.7. The first-order valence-electron chi connectivity index (χ1n) is 7.34. The summed E-state index contributed by atoms with van der Waals surface area (Å²) in [6.07, 6.45) is 8.24. The quantitative estimate of drug-likeness (QED) is 0.793. The maximum Gasteiger partial charge on any atom is 0.227 e. The first-order valence-corrected chi connectivity index (χ1v) is 7.34. The highest BCUT2D eigenvalue weighted by molar-refractivity contribution is 5.93. The molecule has 104 valence electrons. The monoisotopic (exact) mass is 260 g/mol. The van der Waals surface area contributed by atoms with Crippen molar-refractivity contribution < 1.29 is 4.79 Å². The molecule has 1 aliphatic carbocycles. The van der Waals surface area contributed by atoms with Crippen molar-refractivity contribution in [1.29, 1.82) is 0 Å². The average Bonchev–Trinajstić information content (AvgIpc) is 2.33. The lowest BCUT2D eigenvalue weighted by Crippen LogP contribution is -2.24. The van der Waals surface area contributed by atoms with Crippen LogP contribution in [0.1, 0.15) is 50.5 Å². The van der Waals surface area contributed by atoms with Gasteiger partial charge in [-0.2, -0.15) is 0 Å². The summed E-state index contributed by atoms with van der Waals surface area (Å²) in [4.78, 5) is 12.3. The van der Waals surface area contributed by atoms with Gasteiger partial charge in [0.1, 0.15) is 0 Å². The molecular weight excluding hydrogens is 236 g/mol. The number of amides is 1. The van der Waals surface area contributed by atoms with E-state index in [0.29, 0.717) is 5.69 Å². The van der Waals surface area contributed by atoms with Gasteiger partial charge >= 0.3 is 0 Å². The number of hydrogen-bond donors (Lipinski definition) is 2. The fraction of sp³-hybridized carbons (Fsp3) is 0.562. The first-order chi connectivity index (χ1) is 9.16. The van der Waals surface area contributed by atoms with Gasteiger partial charge in [0.25, 0.3) is 0 Å². The van der Waals surface area contributed by atoms with Crippen molar-refractivity contribution in [3.63, 3.8) is 0 Å². The van der Waals surface area contributed by atoms with Gasteiger partial charge in [-0.3, -0.25) is 4.79 Å². The maximum absolute atomic E-state index is 12.3. The second kappa shape index (κ2) is 6.60. The maximum atomic E-state index is 12.3. The Balaban J connectivity index is 2.00. The molecule has 0 atom stereocenters. The average molecular weight is 260 g/mol. The Kier molecular flexibility index (Phi) is 4.83. The molecule has 0 heterocycles. The van der Waals surface area contributed by atoms with E-state index in [1.54, 1.807) is 0 Å². The third-order valence-corrected chi connectivity index (χ3v) is 4.00. The van der Waals surface area contributed by atoms with E-state index in [4.69, 9.17) is 5.73 Å². The second-order valence-corrected chi connectivity index (χ2v) is 5.61. The van der Waals surface area contributed by atoms with Gasteiger partial charge in [0.15, 0.2) is 0 Å². The van der Waals surface area contributed by atoms with E-state index >= 15 is 0 Å². The Hall–Kier alpha value is -1.51. The first kappa shape index (κ1) is 13.9. The van der Waals surface area contributed by atoms with Crippen LogP contribution in [0.2, 0.25) is 0 Å². The zero-order valence-electron chi connectivity index (χ0n) is 11.7. The van der Waals surface area contributed by atoms with Gasteiger partial charge in [-0.15, -0.1) is 0 Å². The molecule has 1 aromatic rings. The lowest BCUT2D eigenvalue weighted by Gasteiger charge is -2.19. The third kappa shape index (κ3) is 3.98. The Morgan fingerprint density at radius 1 is 1.16 bits per heavy atom. The van der Waals surface area contributed by atoms with Gasteiger partial charge in [0.2, 0.25) is 5.91 Å². The number of nitrogens with two attached hydrogens (primary N) is 1. The van der Waals surface area contributed by atoms with Crippen LogP contribution in [0.15, 0.2) is 18.2 Å². The van der Waals surface area contributed by atoms with Crippen molar-refractivity contribution in [2.45, 2.75) is 51.9 Å². The van der Waals surface area contributed by atoms with Gasteiger partial charge in [-0.1, -0.05) is 38.2 Å². The summed E-state index contributed by atoms with van der Waals surface area (Å²) in [5.74, 6) is 0.330. The van der Waals surface area contributed by atoms with Crippen molar-refractivity contribution in [2.75, 3.05) is 11.1 Å². The zero-order valence-corrected chi connectivity index (χ0v) is 11.7. The van der Waals surface area contributed by atoms with E-state index in [1.165, 1.54) is 32.1 Å². The van der Waals surface area contributed by atoms with E-state index in [-0.39, 0.29) is 11.8 Å². The highest BCUT2D eigenvalue weighted by atomic mass is 16.1. The molecule has 19 heavy (non-hydrogen) atoms. The molecule has 3 N–H and O–H groups in total. The number of nitrogen functional groups attached to an aromatic ring is 1. The molecule has 3 heteroatoms. The predicted octanol–water partition coefficient (Wildman–Crippen LogP) is 3.88. The highest BCUT2D eigenvalue weighted by Crippen LogP contribution is 2.25. The van der Waals surface area contributed by atoms with Crippen molar-refractivity contribution in [3.8, 4) is 0 Å². The molecule has 1 aromatic carbocycles. The van der Waals surface area contributed by atoms with Crippen molar-refractivity contribution in [2.24, 2.45) is 5.92 Å². The molecule has 0 spiro atoms. The molecule has 1 fully saturated rings. The minimum Gasteiger partial charge on any atom is -0.399 e. The minimum atomic E-state index is 0.163. The lowest BCUT2D eigenvalue weighted by atomic mass is 9.90. The number of carbonyl (C=O) groups excluding carboxylic acids is 1. The number of benzene rings is 1. The van der Waals surface area contributed by atoms with E-state index < -0.39 is 0 Å². The molecule has 0 aliphatic heterocycles. The molecule has 0 unspecified atom stereocenters. The summed E-state index contributed by atoms with van der Waals surface area (Å²) < 4.78 is 0. The highest BCUT2D eigenvalue weighted by Gasteiger charge is 2.19. The van der Waals surface area contributed by atoms with Gasteiger partial charge < -0.3 is 11.1 Å². The summed E-state index contributed by atoms with van der Waals surface area (Å²) in [7, 11) is 0. The molecular formula is C16H24N2O. The summed E-state index contributed by atoms with van der Waals surface area (Å²) in [6, 6.07) is 5.65. The Labute approximate surface area is 115 Å². The molecule has 3 nitrogen and oxygen atoms in total. The van der Waals surface area contributed by atoms with Crippen LogP contribution in [-0.4, -0.2) is 5.91 Å². The molecule has 1 aliphatic rings. The van der Waals surface area contributed by atoms with Crippen molar-refractivity contribution >= 4 is 17.3 Å². The van der Waals surface area contributed by atoms with E-state index in [9.17, 15) is 4.79 Å². The summed E-state index contributed by atoms with van der Waals surface area (Å²) in [5.41, 5.74) is 8.39. The van der Waals surface area contributed by atoms with Gasteiger partial charge in [-0.25, -0.2) is 0 Å². The molecule has 0 bridgehead atoms. The molecule has 1 amide bonds. The summed E-state index contributed by atoms with van der Waals surface area (Å²) in [6.45, 7) is 1.99. The standard InChI is InChI=1S/C16H24N2O/c1-12-9-10-14(17)11-15(12)18-16(19)13-7-5-3-2-4-6-8-13/h9-11,13H,2-8,17H2,1H3,(H,18,19). The predicted molar refractivity (Wildman–Crippen MR) is 80.0 cm³/mol. The van der Waals surface area contributed by atoms with Gasteiger partial charge in [0.05, 0.1) is 0 Å². The number of hydrogen-bond acceptors (Lipinski definition) is 2. The molecule has 0 radical (unpaired) electrons. The van der Waals surface area contributed by atoms with Gasteiger partial charge in [-0.05, 0) is 37.5 Å². The van der Waals surface area contributed by atoms with Crippen LogP contribution in [0.25, 0.3) is 0 Å². The van der Waals surface area contributed by atoms with Crippen LogP contribution in [-0.2, 0) is 4.79 Å². The van der Waals surface area contributed by atoms with Crippen LogP contribution in [0.3, 0.4) is 0 Å². The Morgan fingerprint density at radius 3 is 2.47 bits per heavy atom. The summed E-state index contributed by atoms with van der Waals surface area (Å²) in [5, 5.41) is 3.05. The fourth-order valence-corrected chi connectivity index (χ4v) is 2.73. The van der Waals surface area contributed by atoms with Crippen LogP contribution in [0, 0.1) is 12.8 Å². The van der Waals surface area contributed by atoms with Gasteiger partial charge in [0, 0.05) is 17.3 Å². The van der Waals surface area contributed by atoms with Crippen LogP contribution >= 0.6 is 0 Å². The topological polar surface area (TPSA) is 55.1 Å². The Morgan fingerprint density at radius 2 is 1.79 bits per heavy atom. The number of rotatable bonds is 2. The lowest BCUT2D eigenvalue weighted by molar-refractivity contribution is -0.120. The Bertz CT molecular complexity index is 434. The van der Waals surface area contributed by atoms with E-state index in [2.05, 4.69) is 5.32 Å². The molecule has 2 rings (SSSR count). The second-order valence-electron chi connectivity index (χ2n) is 5.61. The van der Waals surface area contributed by atoms with Crippen LogP contribution < -0.4 is 11.1 Å². The number of aryl methyl sites for hydroxylation is 1. The van der Waals surface area contributed by atoms with E-state index in [1.807, 2.05) is 25.1 Å². The van der Waals surface area contributed by atoms with Crippen LogP contribution in [0.4, 0.5) is 11.4 Å². The third-order valence-electron chi connectivity index (χ3n) is 4.00. The molecule has 0 aromatic heterocycles. The SMILES string of the molecule is Cc1ccc(N)cc1NC(=O)C1CCCCCCC1. The molecule has 1 saturated carbocycles. The van der Waals surface area contributed by atoms with Crippen LogP contribution in [0.5, 0.6) is 0 Å². The normalized spacial score (nSPS) is 17.5. The number of carbonyl (C=O) groups is 1. The summed E-state index contributed by atoms with van der Waals surface area (Å²) >= 11 is 0.